The molecule has 28 heavy (non-hydrogen) atoms. The van der Waals surface area contributed by atoms with Gasteiger partial charge in [-0.2, -0.15) is 13.9 Å². The first kappa shape index (κ1) is 19.4. The highest BCUT2D eigenvalue weighted by Gasteiger charge is 2.17. The van der Waals surface area contributed by atoms with Gasteiger partial charge in [-0.05, 0) is 31.2 Å². The molecule has 146 valence electrons. The SMILES string of the molecule is Cc1nn(-c2ccc(F)cc2)cc1C(=O)Nc1cnc(CO)c(OC(F)F)c1. The highest BCUT2D eigenvalue weighted by Crippen LogP contribution is 2.24. The van der Waals surface area contributed by atoms with Crippen LogP contribution in [0.25, 0.3) is 5.69 Å². The summed E-state index contributed by atoms with van der Waals surface area (Å²) in [5, 5.41) is 15.9. The van der Waals surface area contributed by atoms with E-state index in [9.17, 15) is 18.0 Å². The number of hydrogen-bond donors (Lipinski definition) is 2. The number of ether oxygens (including phenoxy) is 1. The molecule has 10 heteroatoms. The molecule has 0 atom stereocenters. The molecule has 0 radical (unpaired) electrons. The molecule has 0 bridgehead atoms. The van der Waals surface area contributed by atoms with Gasteiger partial charge < -0.3 is 15.2 Å². The molecule has 0 saturated heterocycles. The normalized spacial score (nSPS) is 10.9. The number of amides is 1. The lowest BCUT2D eigenvalue weighted by Gasteiger charge is -2.11. The number of aromatic nitrogens is 3. The van der Waals surface area contributed by atoms with Gasteiger partial charge in [0.25, 0.3) is 5.91 Å². The maximum absolute atomic E-state index is 13.1. The van der Waals surface area contributed by atoms with Crippen molar-refractivity contribution in [1.82, 2.24) is 14.8 Å². The van der Waals surface area contributed by atoms with Crippen LogP contribution in [0.1, 0.15) is 21.7 Å². The fraction of sp³-hybridized carbons (Fsp3) is 0.167. The number of pyridine rings is 1. The summed E-state index contributed by atoms with van der Waals surface area (Å²) in [6.45, 7) is -2.08. The molecular weight excluding hydrogens is 377 g/mol. The molecule has 0 saturated carbocycles. The van der Waals surface area contributed by atoms with Crippen LogP contribution in [0.4, 0.5) is 18.9 Å². The lowest BCUT2D eigenvalue weighted by atomic mass is 10.2. The molecule has 1 aromatic carbocycles. The Labute approximate surface area is 157 Å². The number of rotatable bonds is 6. The molecule has 0 fully saturated rings. The predicted octanol–water partition coefficient (Wildman–Crippen LogP) is 3.06. The summed E-state index contributed by atoms with van der Waals surface area (Å²) >= 11 is 0. The second-order valence-electron chi connectivity index (χ2n) is 5.71. The van der Waals surface area contributed by atoms with E-state index in [1.54, 1.807) is 6.92 Å². The van der Waals surface area contributed by atoms with Crippen molar-refractivity contribution in [2.24, 2.45) is 0 Å². The fourth-order valence-corrected chi connectivity index (χ4v) is 2.47. The fourth-order valence-electron chi connectivity index (χ4n) is 2.47. The Bertz CT molecular complexity index is 990. The molecule has 3 aromatic rings. The number of hydrogen-bond acceptors (Lipinski definition) is 5. The third kappa shape index (κ3) is 4.29. The van der Waals surface area contributed by atoms with Gasteiger partial charge in [0.1, 0.15) is 11.5 Å². The van der Waals surface area contributed by atoms with Crippen LogP contribution in [-0.2, 0) is 6.61 Å². The lowest BCUT2D eigenvalue weighted by molar-refractivity contribution is -0.0512. The van der Waals surface area contributed by atoms with Gasteiger partial charge in [-0.3, -0.25) is 9.78 Å². The number of aliphatic hydroxyl groups is 1. The van der Waals surface area contributed by atoms with Gasteiger partial charge in [-0.25, -0.2) is 9.07 Å². The van der Waals surface area contributed by atoms with Gasteiger partial charge in [0.15, 0.2) is 5.75 Å². The average Bonchev–Trinajstić information content (AvgIpc) is 3.04. The van der Waals surface area contributed by atoms with E-state index in [0.29, 0.717) is 11.4 Å². The molecule has 0 aliphatic heterocycles. The van der Waals surface area contributed by atoms with Crippen LogP contribution in [0, 0.1) is 12.7 Å². The van der Waals surface area contributed by atoms with Crippen LogP contribution in [0.2, 0.25) is 0 Å². The van der Waals surface area contributed by atoms with Crippen molar-refractivity contribution in [2.45, 2.75) is 20.1 Å². The molecule has 0 aliphatic rings. The van der Waals surface area contributed by atoms with E-state index in [0.717, 1.165) is 6.07 Å². The number of aliphatic hydroxyl groups excluding tert-OH is 1. The van der Waals surface area contributed by atoms with Crippen molar-refractivity contribution in [3.8, 4) is 11.4 Å². The Kier molecular flexibility index (Phi) is 5.59. The minimum atomic E-state index is -3.10. The Balaban J connectivity index is 1.82. The Morgan fingerprint density at radius 2 is 2.04 bits per heavy atom. The molecular formula is C18H15F3N4O3. The van der Waals surface area contributed by atoms with Gasteiger partial charge >= 0.3 is 6.61 Å². The van der Waals surface area contributed by atoms with Crippen LogP contribution in [0.15, 0.2) is 42.7 Å². The van der Waals surface area contributed by atoms with Crippen LogP contribution >= 0.6 is 0 Å². The number of carbonyl (C=O) groups is 1. The summed E-state index contributed by atoms with van der Waals surface area (Å²) in [5.41, 5.74) is 1.22. The maximum Gasteiger partial charge on any atom is 0.387 e. The van der Waals surface area contributed by atoms with Crippen molar-refractivity contribution in [3.05, 3.63) is 65.5 Å². The number of halogens is 3. The minimum Gasteiger partial charge on any atom is -0.433 e. The largest absolute Gasteiger partial charge is 0.433 e. The molecule has 2 heterocycles. The summed E-state index contributed by atoms with van der Waals surface area (Å²) in [5.74, 6) is -1.28. The standard InChI is InChI=1S/C18H15F3N4O3/c1-10-14(8-25(24-10)13-4-2-11(19)3-5-13)17(27)23-12-6-16(28-18(20)21)15(9-26)22-7-12/h2-8,18,26H,9H2,1H3,(H,23,27). The first-order valence-electron chi connectivity index (χ1n) is 8.05. The van der Waals surface area contributed by atoms with Crippen molar-refractivity contribution in [2.75, 3.05) is 5.32 Å². The van der Waals surface area contributed by atoms with Crippen molar-refractivity contribution in [1.29, 1.82) is 0 Å². The number of nitrogens with one attached hydrogen (secondary N) is 1. The smallest absolute Gasteiger partial charge is 0.387 e. The number of alkyl halides is 2. The zero-order chi connectivity index (χ0) is 20.3. The number of aryl methyl sites for hydroxylation is 1. The lowest BCUT2D eigenvalue weighted by Crippen LogP contribution is -2.14. The number of carbonyl (C=O) groups excluding carboxylic acids is 1. The van der Waals surface area contributed by atoms with Crippen molar-refractivity contribution >= 4 is 11.6 Å². The highest BCUT2D eigenvalue weighted by atomic mass is 19.3. The molecule has 0 unspecified atom stereocenters. The molecule has 7 nitrogen and oxygen atoms in total. The number of anilines is 1. The molecule has 3 rings (SSSR count). The summed E-state index contributed by atoms with van der Waals surface area (Å²) in [4.78, 5) is 16.3. The van der Waals surface area contributed by atoms with E-state index in [1.165, 1.54) is 41.3 Å². The average molecular weight is 392 g/mol. The summed E-state index contributed by atoms with van der Waals surface area (Å²) in [7, 11) is 0. The number of nitrogens with zero attached hydrogens (tertiary/aromatic N) is 3. The quantitative estimate of drug-likeness (QED) is 0.673. The monoisotopic (exact) mass is 392 g/mol. The Morgan fingerprint density at radius 1 is 1.32 bits per heavy atom. The molecule has 1 amide bonds. The molecule has 0 aliphatic carbocycles. The van der Waals surface area contributed by atoms with E-state index in [1.807, 2.05) is 0 Å². The van der Waals surface area contributed by atoms with Crippen LogP contribution in [-0.4, -0.2) is 32.4 Å². The minimum absolute atomic E-state index is 0.0846. The first-order valence-corrected chi connectivity index (χ1v) is 8.05. The zero-order valence-corrected chi connectivity index (χ0v) is 14.6. The zero-order valence-electron chi connectivity index (χ0n) is 14.6. The summed E-state index contributed by atoms with van der Waals surface area (Å²) in [6, 6.07) is 6.70. The summed E-state index contributed by atoms with van der Waals surface area (Å²) < 4.78 is 43.7. The number of benzene rings is 1. The third-order valence-electron chi connectivity index (χ3n) is 3.79. The van der Waals surface area contributed by atoms with Crippen LogP contribution < -0.4 is 10.1 Å². The molecule has 2 N–H and O–H groups in total. The van der Waals surface area contributed by atoms with E-state index >= 15 is 0 Å². The summed E-state index contributed by atoms with van der Waals surface area (Å²) in [6.07, 6.45) is 2.67. The van der Waals surface area contributed by atoms with E-state index in [-0.39, 0.29) is 22.7 Å². The topological polar surface area (TPSA) is 89.3 Å². The van der Waals surface area contributed by atoms with E-state index in [2.05, 4.69) is 20.1 Å². The van der Waals surface area contributed by atoms with E-state index < -0.39 is 24.9 Å². The van der Waals surface area contributed by atoms with E-state index in [4.69, 9.17) is 5.11 Å². The van der Waals surface area contributed by atoms with Gasteiger partial charge in [-0.15, -0.1) is 0 Å². The van der Waals surface area contributed by atoms with Crippen molar-refractivity contribution in [3.63, 3.8) is 0 Å². The van der Waals surface area contributed by atoms with Crippen LogP contribution in [0.3, 0.4) is 0 Å². The van der Waals surface area contributed by atoms with Crippen molar-refractivity contribution < 1.29 is 27.8 Å². The first-order chi connectivity index (χ1) is 13.4. The van der Waals surface area contributed by atoms with Gasteiger partial charge in [0.05, 0.1) is 35.4 Å². The van der Waals surface area contributed by atoms with Crippen LogP contribution in [0.5, 0.6) is 5.75 Å². The third-order valence-corrected chi connectivity index (χ3v) is 3.79. The second kappa shape index (κ2) is 8.09. The van der Waals surface area contributed by atoms with Gasteiger partial charge in [0.2, 0.25) is 0 Å². The molecule has 2 aromatic heterocycles. The maximum atomic E-state index is 13.1. The highest BCUT2D eigenvalue weighted by molar-refractivity contribution is 6.04. The second-order valence-corrected chi connectivity index (χ2v) is 5.71. The Hall–Kier alpha value is -3.40. The van der Waals surface area contributed by atoms with Gasteiger partial charge in [-0.1, -0.05) is 0 Å². The Morgan fingerprint density at radius 3 is 2.68 bits per heavy atom. The molecule has 0 spiro atoms. The van der Waals surface area contributed by atoms with Gasteiger partial charge in [0, 0.05) is 12.3 Å². The predicted molar refractivity (Wildman–Crippen MR) is 93.0 cm³/mol.